The Hall–Kier alpha value is -4.45. The van der Waals surface area contributed by atoms with Crippen LogP contribution in [-0.2, 0) is 28.6 Å². The number of rotatable bonds is 45. The van der Waals surface area contributed by atoms with Gasteiger partial charge in [-0.15, -0.1) is 0 Å². The molecular weight excluding hydrogens is 817 g/mol. The number of allylic oxidation sites excluding steroid dienone is 22. The molecule has 0 spiro atoms. The van der Waals surface area contributed by atoms with E-state index in [1.807, 2.05) is 0 Å². The van der Waals surface area contributed by atoms with E-state index in [0.29, 0.717) is 12.8 Å². The molecule has 0 rings (SSSR count). The second kappa shape index (κ2) is 53.2. The van der Waals surface area contributed by atoms with Gasteiger partial charge in [0.15, 0.2) is 6.10 Å². The summed E-state index contributed by atoms with van der Waals surface area (Å²) in [6.45, 7) is 6.27. The van der Waals surface area contributed by atoms with Crippen LogP contribution in [0.2, 0.25) is 0 Å². The van der Waals surface area contributed by atoms with E-state index in [4.69, 9.17) is 14.2 Å². The normalized spacial score (nSPS) is 13.2. The van der Waals surface area contributed by atoms with Gasteiger partial charge < -0.3 is 14.2 Å². The largest absolute Gasteiger partial charge is 0.462 e. The highest BCUT2D eigenvalue weighted by Gasteiger charge is 2.19. The number of hydrogen-bond donors (Lipinski definition) is 0. The maximum Gasteiger partial charge on any atom is 0.306 e. The van der Waals surface area contributed by atoms with Crippen LogP contribution >= 0.6 is 0 Å². The van der Waals surface area contributed by atoms with E-state index in [2.05, 4.69) is 154 Å². The van der Waals surface area contributed by atoms with E-state index in [1.54, 1.807) is 0 Å². The van der Waals surface area contributed by atoms with Crippen molar-refractivity contribution in [2.24, 2.45) is 0 Å². The monoisotopic (exact) mass is 911 g/mol. The standard InChI is InChI=1S/C60H94O6/c1-4-7-10-13-16-19-22-25-27-28-29-30-31-32-33-36-38-41-44-47-50-53-59(62)65-56-57(55-64-58(61)52-49-46-43-40-37-34-24-21-18-15-12-9-6-3)66-60(63)54-51-48-45-42-39-35-26-23-20-17-14-11-8-5-2/h7,9-10,12,14,16-19,21,23,25-27,29-30,32-34,37-38,41,57H,4-6,8,11,13,15,20,22,24,28,31,35-36,39-40,42-56H2,1-3H3/b10-7-,12-9-,17-14-,19-16-,21-18-,26-23-,27-25-,30-29-,33-32-,37-34-,41-38-. The predicted octanol–water partition coefficient (Wildman–Crippen LogP) is 17.5. The first kappa shape index (κ1) is 61.5. The fourth-order valence-corrected chi connectivity index (χ4v) is 6.47. The molecular formula is C60H94O6. The molecule has 0 aromatic carbocycles. The highest BCUT2D eigenvalue weighted by Crippen LogP contribution is 2.12. The van der Waals surface area contributed by atoms with Crippen molar-refractivity contribution >= 4 is 17.9 Å². The van der Waals surface area contributed by atoms with E-state index < -0.39 is 6.10 Å². The Kier molecular flexibility index (Phi) is 49.6. The second-order valence-corrected chi connectivity index (χ2v) is 16.7. The van der Waals surface area contributed by atoms with Crippen molar-refractivity contribution in [3.63, 3.8) is 0 Å². The van der Waals surface area contributed by atoms with Gasteiger partial charge in [0.25, 0.3) is 0 Å². The minimum Gasteiger partial charge on any atom is -0.462 e. The van der Waals surface area contributed by atoms with Gasteiger partial charge in [-0.3, -0.25) is 14.4 Å². The number of carbonyl (C=O) groups is 3. The average Bonchev–Trinajstić information content (AvgIpc) is 3.31. The fraction of sp³-hybridized carbons (Fsp3) is 0.583. The lowest BCUT2D eigenvalue weighted by Crippen LogP contribution is -2.30. The molecule has 0 bridgehead atoms. The van der Waals surface area contributed by atoms with Crippen molar-refractivity contribution in [1.29, 1.82) is 0 Å². The number of ether oxygens (including phenoxy) is 3. The predicted molar refractivity (Wildman–Crippen MR) is 283 cm³/mol. The van der Waals surface area contributed by atoms with Crippen molar-refractivity contribution in [2.75, 3.05) is 13.2 Å². The molecule has 370 valence electrons. The van der Waals surface area contributed by atoms with Crippen LogP contribution in [0.15, 0.2) is 134 Å². The molecule has 6 nitrogen and oxygen atoms in total. The fourth-order valence-electron chi connectivity index (χ4n) is 6.47. The third kappa shape index (κ3) is 50.5. The molecule has 0 heterocycles. The van der Waals surface area contributed by atoms with Gasteiger partial charge in [-0.05, 0) is 128 Å². The van der Waals surface area contributed by atoms with Crippen LogP contribution in [0.4, 0.5) is 0 Å². The van der Waals surface area contributed by atoms with Crippen LogP contribution in [0.3, 0.4) is 0 Å². The van der Waals surface area contributed by atoms with Crippen LogP contribution in [0.1, 0.15) is 207 Å². The molecule has 0 saturated carbocycles. The molecule has 0 saturated heterocycles. The summed E-state index contributed by atoms with van der Waals surface area (Å²) in [5, 5.41) is 0. The SMILES string of the molecule is CC/C=C\C/C=C\C/C=C\C/C=C\C/C=C\C/C=C\CCCCC(=O)OCC(COC(=O)CCCCC/C=C\C/C=C\C/C=C\CC)OC(=O)CCCCCCC/C=C\C/C=C\CCCC. The van der Waals surface area contributed by atoms with E-state index in [-0.39, 0.29) is 44.0 Å². The zero-order valence-corrected chi connectivity index (χ0v) is 42.1. The van der Waals surface area contributed by atoms with Gasteiger partial charge in [0.1, 0.15) is 13.2 Å². The van der Waals surface area contributed by atoms with Gasteiger partial charge in [-0.25, -0.2) is 0 Å². The zero-order chi connectivity index (χ0) is 47.9. The first-order valence-electron chi connectivity index (χ1n) is 26.2. The molecule has 0 aliphatic heterocycles. The first-order valence-corrected chi connectivity index (χ1v) is 26.2. The van der Waals surface area contributed by atoms with Crippen LogP contribution in [-0.4, -0.2) is 37.2 Å². The van der Waals surface area contributed by atoms with E-state index in [9.17, 15) is 14.4 Å². The summed E-state index contributed by atoms with van der Waals surface area (Å²) in [5.41, 5.74) is 0. The highest BCUT2D eigenvalue weighted by atomic mass is 16.6. The van der Waals surface area contributed by atoms with Gasteiger partial charge in [-0.2, -0.15) is 0 Å². The molecule has 0 amide bonds. The summed E-state index contributed by atoms with van der Waals surface area (Å²) in [4.78, 5) is 38.0. The quantitative estimate of drug-likeness (QED) is 0.0262. The van der Waals surface area contributed by atoms with Crippen LogP contribution in [0.5, 0.6) is 0 Å². The number of unbranched alkanes of at least 4 members (excludes halogenated alkanes) is 12. The van der Waals surface area contributed by atoms with Crippen molar-refractivity contribution in [3.05, 3.63) is 134 Å². The average molecular weight is 911 g/mol. The second-order valence-electron chi connectivity index (χ2n) is 16.7. The molecule has 0 aliphatic carbocycles. The minimum atomic E-state index is -0.820. The smallest absolute Gasteiger partial charge is 0.306 e. The summed E-state index contributed by atoms with van der Waals surface area (Å²) in [7, 11) is 0. The molecule has 66 heavy (non-hydrogen) atoms. The molecule has 0 N–H and O–H groups in total. The van der Waals surface area contributed by atoms with E-state index >= 15 is 0 Å². The molecule has 0 aromatic heterocycles. The summed E-state index contributed by atoms with van der Waals surface area (Å²) in [6.07, 6.45) is 74.4. The number of carbonyl (C=O) groups excluding carboxylic acids is 3. The summed E-state index contributed by atoms with van der Waals surface area (Å²) in [6, 6.07) is 0. The molecule has 0 aromatic rings. The van der Waals surface area contributed by atoms with E-state index in [1.165, 1.54) is 19.3 Å². The lowest BCUT2D eigenvalue weighted by atomic mass is 10.1. The summed E-state index contributed by atoms with van der Waals surface area (Å²) < 4.78 is 16.7. The lowest BCUT2D eigenvalue weighted by molar-refractivity contribution is -0.167. The Labute approximate surface area is 405 Å². The van der Waals surface area contributed by atoms with Crippen LogP contribution in [0.25, 0.3) is 0 Å². The molecule has 6 heteroatoms. The highest BCUT2D eigenvalue weighted by molar-refractivity contribution is 5.71. The lowest BCUT2D eigenvalue weighted by Gasteiger charge is -2.18. The van der Waals surface area contributed by atoms with Gasteiger partial charge in [0.05, 0.1) is 0 Å². The summed E-state index contributed by atoms with van der Waals surface area (Å²) in [5.74, 6) is -1.01. The first-order chi connectivity index (χ1) is 32.5. The van der Waals surface area contributed by atoms with Gasteiger partial charge >= 0.3 is 17.9 Å². The maximum absolute atomic E-state index is 12.8. The zero-order valence-electron chi connectivity index (χ0n) is 42.1. The third-order valence-corrected chi connectivity index (χ3v) is 10.4. The maximum atomic E-state index is 12.8. The third-order valence-electron chi connectivity index (χ3n) is 10.4. The Morgan fingerprint density at radius 2 is 0.591 bits per heavy atom. The van der Waals surface area contributed by atoms with Crippen molar-refractivity contribution in [3.8, 4) is 0 Å². The Balaban J connectivity index is 4.53. The van der Waals surface area contributed by atoms with Crippen molar-refractivity contribution in [1.82, 2.24) is 0 Å². The van der Waals surface area contributed by atoms with Gasteiger partial charge in [0, 0.05) is 19.3 Å². The topological polar surface area (TPSA) is 78.9 Å². The van der Waals surface area contributed by atoms with Gasteiger partial charge in [0.2, 0.25) is 0 Å². The van der Waals surface area contributed by atoms with Crippen LogP contribution in [0, 0.1) is 0 Å². The van der Waals surface area contributed by atoms with Crippen molar-refractivity contribution in [2.45, 2.75) is 213 Å². The number of hydrogen-bond acceptors (Lipinski definition) is 6. The Morgan fingerprint density at radius 1 is 0.318 bits per heavy atom. The summed E-state index contributed by atoms with van der Waals surface area (Å²) >= 11 is 0. The molecule has 0 aliphatic rings. The van der Waals surface area contributed by atoms with E-state index in [0.717, 1.165) is 141 Å². The minimum absolute atomic E-state index is 0.118. The van der Waals surface area contributed by atoms with Crippen LogP contribution < -0.4 is 0 Å². The van der Waals surface area contributed by atoms with Crippen molar-refractivity contribution < 1.29 is 28.6 Å². The Morgan fingerprint density at radius 3 is 0.970 bits per heavy atom. The molecule has 1 atom stereocenters. The Bertz CT molecular complexity index is 1460. The molecule has 1 unspecified atom stereocenters. The van der Waals surface area contributed by atoms with Gasteiger partial charge in [-0.1, -0.05) is 193 Å². The molecule has 0 fully saturated rings. The molecule has 0 radical (unpaired) electrons. The number of esters is 3.